The van der Waals surface area contributed by atoms with Crippen LogP contribution in [0.3, 0.4) is 0 Å². The highest BCUT2D eigenvalue weighted by molar-refractivity contribution is 5.86. The monoisotopic (exact) mass is 334 g/mol. The summed E-state index contributed by atoms with van der Waals surface area (Å²) in [6.07, 6.45) is 11.0. The lowest BCUT2D eigenvalue weighted by molar-refractivity contribution is -0.120. The van der Waals surface area contributed by atoms with Crippen LogP contribution in [0, 0.1) is 5.92 Å². The van der Waals surface area contributed by atoms with Gasteiger partial charge in [0.2, 0.25) is 5.91 Å². The molecule has 0 radical (unpaired) electrons. The number of amides is 1. The number of furan rings is 1. The van der Waals surface area contributed by atoms with Crippen LogP contribution in [-0.4, -0.2) is 32.0 Å². The smallest absolute Gasteiger partial charge is 0.239 e. The van der Waals surface area contributed by atoms with E-state index in [-0.39, 0.29) is 12.5 Å². The van der Waals surface area contributed by atoms with E-state index in [0.29, 0.717) is 12.5 Å². The maximum atomic E-state index is 11.8. The minimum Gasteiger partial charge on any atom is -0.467 e. The molecule has 6 nitrogen and oxygen atoms in total. The van der Waals surface area contributed by atoms with Crippen LogP contribution in [0.4, 0.5) is 0 Å². The van der Waals surface area contributed by atoms with E-state index in [4.69, 9.17) is 4.42 Å². The molecule has 0 saturated heterocycles. The fraction of sp³-hybridized carbons (Fsp3) is 0.667. The third-order valence-electron chi connectivity index (χ3n) is 4.49. The summed E-state index contributed by atoms with van der Waals surface area (Å²) in [5, 5.41) is 9.08. The zero-order valence-electron chi connectivity index (χ0n) is 14.6. The molecular formula is C18H30N4O2. The Kier molecular flexibility index (Phi) is 8.21. The second-order valence-electron chi connectivity index (χ2n) is 6.35. The third kappa shape index (κ3) is 7.06. The first kappa shape index (κ1) is 18.4. The summed E-state index contributed by atoms with van der Waals surface area (Å²) in [7, 11) is 1.72. The molecule has 0 aromatic carbocycles. The lowest BCUT2D eigenvalue weighted by Crippen LogP contribution is -2.43. The van der Waals surface area contributed by atoms with Crippen LogP contribution in [0.15, 0.2) is 27.8 Å². The van der Waals surface area contributed by atoms with Crippen LogP contribution in [0.25, 0.3) is 0 Å². The molecular weight excluding hydrogens is 304 g/mol. The molecule has 1 aromatic heterocycles. The number of aliphatic imine (C=N–C) groups is 1. The molecule has 1 amide bonds. The van der Waals surface area contributed by atoms with Gasteiger partial charge in [0.05, 0.1) is 19.4 Å². The first-order chi connectivity index (χ1) is 11.8. The number of nitrogens with zero attached hydrogens (tertiary/aromatic N) is 1. The van der Waals surface area contributed by atoms with Crippen LogP contribution >= 0.6 is 0 Å². The van der Waals surface area contributed by atoms with Gasteiger partial charge in [0, 0.05) is 13.6 Å². The van der Waals surface area contributed by atoms with E-state index >= 15 is 0 Å². The molecule has 0 unspecified atom stereocenters. The summed E-state index contributed by atoms with van der Waals surface area (Å²) < 4.78 is 5.17. The number of carbonyl (C=O) groups excluding carboxylic acids is 1. The number of carbonyl (C=O) groups is 1. The van der Waals surface area contributed by atoms with E-state index in [0.717, 1.165) is 24.6 Å². The molecule has 24 heavy (non-hydrogen) atoms. The van der Waals surface area contributed by atoms with E-state index in [1.165, 1.54) is 38.5 Å². The Labute approximate surface area is 144 Å². The lowest BCUT2D eigenvalue weighted by Gasteiger charge is -2.12. The largest absolute Gasteiger partial charge is 0.467 e. The molecule has 0 aliphatic heterocycles. The summed E-state index contributed by atoms with van der Waals surface area (Å²) in [5.74, 6) is 2.29. The van der Waals surface area contributed by atoms with Crippen LogP contribution in [-0.2, 0) is 11.3 Å². The fourth-order valence-corrected chi connectivity index (χ4v) is 3.11. The zero-order chi connectivity index (χ0) is 17.0. The van der Waals surface area contributed by atoms with Crippen molar-refractivity contribution in [2.75, 3.05) is 20.1 Å². The zero-order valence-corrected chi connectivity index (χ0v) is 14.6. The van der Waals surface area contributed by atoms with Crippen molar-refractivity contribution in [3.05, 3.63) is 24.2 Å². The average molecular weight is 334 g/mol. The summed E-state index contributed by atoms with van der Waals surface area (Å²) in [6.45, 7) is 1.49. The second kappa shape index (κ2) is 10.7. The maximum absolute atomic E-state index is 11.8. The summed E-state index contributed by atoms with van der Waals surface area (Å²) in [6, 6.07) is 3.64. The molecule has 1 heterocycles. The first-order valence-corrected chi connectivity index (χ1v) is 9.01. The molecule has 1 aliphatic rings. The Morgan fingerprint density at radius 1 is 1.25 bits per heavy atom. The number of guanidine groups is 1. The summed E-state index contributed by atoms with van der Waals surface area (Å²) in [5.41, 5.74) is 0. The van der Waals surface area contributed by atoms with Gasteiger partial charge < -0.3 is 20.4 Å². The topological polar surface area (TPSA) is 78.7 Å². The quantitative estimate of drug-likeness (QED) is 0.368. The van der Waals surface area contributed by atoms with Gasteiger partial charge in [0.1, 0.15) is 5.76 Å². The van der Waals surface area contributed by atoms with Gasteiger partial charge in [0.15, 0.2) is 5.96 Å². The second-order valence-corrected chi connectivity index (χ2v) is 6.35. The number of hydrogen-bond acceptors (Lipinski definition) is 3. The first-order valence-electron chi connectivity index (χ1n) is 9.01. The van der Waals surface area contributed by atoms with Gasteiger partial charge in [0.25, 0.3) is 0 Å². The van der Waals surface area contributed by atoms with Gasteiger partial charge in [-0.25, -0.2) is 0 Å². The predicted molar refractivity (Wildman–Crippen MR) is 95.7 cm³/mol. The maximum Gasteiger partial charge on any atom is 0.239 e. The van der Waals surface area contributed by atoms with E-state index in [9.17, 15) is 4.79 Å². The van der Waals surface area contributed by atoms with Gasteiger partial charge in [-0.1, -0.05) is 38.5 Å². The van der Waals surface area contributed by atoms with Crippen LogP contribution < -0.4 is 16.0 Å². The van der Waals surface area contributed by atoms with Crippen molar-refractivity contribution in [2.45, 2.75) is 51.5 Å². The van der Waals surface area contributed by atoms with Crippen LogP contribution in [0.5, 0.6) is 0 Å². The third-order valence-corrected chi connectivity index (χ3v) is 4.49. The van der Waals surface area contributed by atoms with Gasteiger partial charge in [-0.2, -0.15) is 0 Å². The SMILES string of the molecule is CN=C(NCCCCC1CCCC1)NCC(=O)NCc1ccco1. The van der Waals surface area contributed by atoms with Crippen molar-refractivity contribution in [1.82, 2.24) is 16.0 Å². The molecule has 134 valence electrons. The lowest BCUT2D eigenvalue weighted by atomic mass is 10.0. The van der Waals surface area contributed by atoms with Crippen molar-refractivity contribution in [1.29, 1.82) is 0 Å². The molecule has 3 N–H and O–H groups in total. The van der Waals surface area contributed by atoms with Crippen molar-refractivity contribution in [3.63, 3.8) is 0 Å². The van der Waals surface area contributed by atoms with E-state index < -0.39 is 0 Å². The Bertz CT molecular complexity index is 493. The summed E-state index contributed by atoms with van der Waals surface area (Å²) in [4.78, 5) is 15.9. The van der Waals surface area contributed by atoms with Gasteiger partial charge in [-0.15, -0.1) is 0 Å². The Morgan fingerprint density at radius 2 is 2.08 bits per heavy atom. The molecule has 0 bridgehead atoms. The Balaban J connectivity index is 1.50. The summed E-state index contributed by atoms with van der Waals surface area (Å²) >= 11 is 0. The van der Waals surface area contributed by atoms with E-state index in [1.54, 1.807) is 19.4 Å². The van der Waals surface area contributed by atoms with Crippen molar-refractivity contribution in [2.24, 2.45) is 10.9 Å². The van der Waals surface area contributed by atoms with Crippen molar-refractivity contribution < 1.29 is 9.21 Å². The van der Waals surface area contributed by atoms with Crippen molar-refractivity contribution in [3.8, 4) is 0 Å². The van der Waals surface area contributed by atoms with Gasteiger partial charge >= 0.3 is 0 Å². The van der Waals surface area contributed by atoms with Crippen LogP contribution in [0.1, 0.15) is 50.7 Å². The van der Waals surface area contributed by atoms with Crippen molar-refractivity contribution >= 4 is 11.9 Å². The molecule has 0 spiro atoms. The Morgan fingerprint density at radius 3 is 2.79 bits per heavy atom. The predicted octanol–water partition coefficient (Wildman–Crippen LogP) is 2.42. The molecule has 1 aromatic rings. The molecule has 0 atom stereocenters. The standard InChI is InChI=1S/C18H30N4O2/c1-19-18(20-11-5-4-9-15-7-2-3-8-15)22-14-17(23)21-13-16-10-6-12-24-16/h6,10,12,15H,2-5,7-9,11,13-14H2,1H3,(H,21,23)(H2,19,20,22). The molecule has 1 fully saturated rings. The minimum atomic E-state index is -0.0874. The average Bonchev–Trinajstić information content (AvgIpc) is 3.29. The van der Waals surface area contributed by atoms with Gasteiger partial charge in [-0.05, 0) is 24.5 Å². The van der Waals surface area contributed by atoms with E-state index in [2.05, 4.69) is 20.9 Å². The molecule has 6 heteroatoms. The normalized spacial score (nSPS) is 15.5. The highest BCUT2D eigenvalue weighted by Gasteiger charge is 2.13. The Hall–Kier alpha value is -1.98. The highest BCUT2D eigenvalue weighted by atomic mass is 16.3. The minimum absolute atomic E-state index is 0.0874. The molecule has 1 aliphatic carbocycles. The number of rotatable bonds is 9. The molecule has 2 rings (SSSR count). The van der Waals surface area contributed by atoms with E-state index in [1.807, 2.05) is 6.07 Å². The highest BCUT2D eigenvalue weighted by Crippen LogP contribution is 2.28. The van der Waals surface area contributed by atoms with Crippen LogP contribution in [0.2, 0.25) is 0 Å². The van der Waals surface area contributed by atoms with Gasteiger partial charge in [-0.3, -0.25) is 9.79 Å². The fourth-order valence-electron chi connectivity index (χ4n) is 3.11. The number of nitrogens with one attached hydrogen (secondary N) is 3. The molecule has 1 saturated carbocycles. The number of unbranched alkanes of at least 4 members (excludes halogenated alkanes) is 1. The number of hydrogen-bond donors (Lipinski definition) is 3.